The van der Waals surface area contributed by atoms with Gasteiger partial charge in [-0.3, -0.25) is 0 Å². The average Bonchev–Trinajstić information content (AvgIpc) is 2.67. The highest BCUT2D eigenvalue weighted by atomic mass is 15.2. The third-order valence-corrected chi connectivity index (χ3v) is 3.47. The van der Waals surface area contributed by atoms with Crippen LogP contribution in [0.3, 0.4) is 0 Å². The van der Waals surface area contributed by atoms with Crippen molar-refractivity contribution in [1.82, 2.24) is 10.2 Å². The molecule has 0 amide bonds. The lowest BCUT2D eigenvalue weighted by Crippen LogP contribution is -2.43. The molecule has 2 fully saturated rings. The maximum atomic E-state index is 3.50. The molecule has 0 aliphatic carbocycles. The number of hydrogen-bond donors (Lipinski definition) is 1. The fourth-order valence-corrected chi connectivity index (χ4v) is 2.53. The highest BCUT2D eigenvalue weighted by molar-refractivity contribution is 4.88. The normalized spacial score (nSPS) is 32.4. The minimum absolute atomic E-state index is 0.742. The second-order valence-corrected chi connectivity index (χ2v) is 4.56. The summed E-state index contributed by atoms with van der Waals surface area (Å²) in [5.74, 6) is 1.93. The van der Waals surface area contributed by atoms with E-state index >= 15 is 0 Å². The predicted molar refractivity (Wildman–Crippen MR) is 62.5 cm³/mol. The number of piperidine rings is 1. The monoisotopic (exact) mass is 198 g/mol. The fourth-order valence-electron chi connectivity index (χ4n) is 2.53. The first-order valence-electron chi connectivity index (χ1n) is 6.22. The minimum atomic E-state index is 0.742. The molecule has 0 aromatic carbocycles. The van der Waals surface area contributed by atoms with Crippen molar-refractivity contribution < 1.29 is 0 Å². The fraction of sp³-hybridized carbons (Fsp3) is 1.00. The molecule has 0 radical (unpaired) electrons. The van der Waals surface area contributed by atoms with Crippen LogP contribution >= 0.6 is 0 Å². The topological polar surface area (TPSA) is 15.3 Å². The van der Waals surface area contributed by atoms with Crippen molar-refractivity contribution in [3.63, 3.8) is 0 Å². The zero-order valence-corrected chi connectivity index (χ0v) is 10.2. The number of likely N-dealkylation sites (tertiary alicyclic amines) is 1. The molecule has 84 valence electrons. The molecular weight excluding hydrogens is 172 g/mol. The van der Waals surface area contributed by atoms with Gasteiger partial charge in [0.15, 0.2) is 0 Å². The Bertz CT molecular complexity index is 156. The second kappa shape index (κ2) is 5.72. The molecule has 0 bridgehead atoms. The van der Waals surface area contributed by atoms with Crippen LogP contribution in [0.2, 0.25) is 0 Å². The Hall–Kier alpha value is -0.0800. The summed E-state index contributed by atoms with van der Waals surface area (Å²) in [6, 6.07) is 0.742. The Kier molecular flexibility index (Phi) is 4.90. The van der Waals surface area contributed by atoms with Gasteiger partial charge in [0.2, 0.25) is 0 Å². The second-order valence-electron chi connectivity index (χ2n) is 4.56. The summed E-state index contributed by atoms with van der Waals surface area (Å²) in [4.78, 5) is 2.62. The van der Waals surface area contributed by atoms with Crippen molar-refractivity contribution in [1.29, 1.82) is 0 Å². The zero-order valence-electron chi connectivity index (χ0n) is 10.2. The summed E-state index contributed by atoms with van der Waals surface area (Å²) in [7, 11) is 0. The summed E-state index contributed by atoms with van der Waals surface area (Å²) in [5.41, 5.74) is 0. The smallest absolute Gasteiger partial charge is 0.00387 e. The molecule has 2 aliphatic rings. The van der Waals surface area contributed by atoms with Crippen molar-refractivity contribution in [2.75, 3.05) is 26.2 Å². The van der Waals surface area contributed by atoms with E-state index in [1.807, 2.05) is 13.8 Å². The number of rotatable bonds is 1. The molecule has 2 heterocycles. The van der Waals surface area contributed by atoms with Crippen molar-refractivity contribution in [2.24, 2.45) is 11.8 Å². The average molecular weight is 198 g/mol. The first-order chi connectivity index (χ1) is 6.77. The van der Waals surface area contributed by atoms with Gasteiger partial charge in [-0.1, -0.05) is 13.8 Å². The molecule has 2 heteroatoms. The molecule has 2 saturated heterocycles. The van der Waals surface area contributed by atoms with Crippen LogP contribution in [0.5, 0.6) is 0 Å². The SMILES string of the molecule is CC.CC(C)N1CC[C@H]2CNC[C@H]2C1. The Morgan fingerprint density at radius 2 is 1.79 bits per heavy atom. The molecule has 2 rings (SSSR count). The van der Waals surface area contributed by atoms with Gasteiger partial charge < -0.3 is 10.2 Å². The summed E-state index contributed by atoms with van der Waals surface area (Å²) in [6.07, 6.45) is 1.41. The van der Waals surface area contributed by atoms with Gasteiger partial charge in [0.25, 0.3) is 0 Å². The van der Waals surface area contributed by atoms with Crippen LogP contribution in [-0.4, -0.2) is 37.1 Å². The van der Waals surface area contributed by atoms with Gasteiger partial charge in [0, 0.05) is 12.6 Å². The number of fused-ring (bicyclic) bond motifs is 1. The Balaban J connectivity index is 0.000000461. The molecule has 0 aromatic rings. The molecule has 14 heavy (non-hydrogen) atoms. The van der Waals surface area contributed by atoms with Gasteiger partial charge in [0.05, 0.1) is 0 Å². The highest BCUT2D eigenvalue weighted by Crippen LogP contribution is 2.27. The van der Waals surface area contributed by atoms with E-state index in [0.717, 1.165) is 17.9 Å². The molecule has 2 atom stereocenters. The van der Waals surface area contributed by atoms with E-state index in [4.69, 9.17) is 0 Å². The molecule has 2 nitrogen and oxygen atoms in total. The Morgan fingerprint density at radius 1 is 1.14 bits per heavy atom. The number of hydrogen-bond acceptors (Lipinski definition) is 2. The van der Waals surface area contributed by atoms with Gasteiger partial charge in [0.1, 0.15) is 0 Å². The molecule has 0 spiro atoms. The molecular formula is C12H26N2. The van der Waals surface area contributed by atoms with Crippen molar-refractivity contribution in [3.05, 3.63) is 0 Å². The first-order valence-corrected chi connectivity index (χ1v) is 6.22. The van der Waals surface area contributed by atoms with Crippen LogP contribution in [0.1, 0.15) is 34.1 Å². The van der Waals surface area contributed by atoms with E-state index in [-0.39, 0.29) is 0 Å². The van der Waals surface area contributed by atoms with Crippen LogP contribution < -0.4 is 5.32 Å². The highest BCUT2D eigenvalue weighted by Gasteiger charge is 2.33. The lowest BCUT2D eigenvalue weighted by atomic mass is 9.88. The van der Waals surface area contributed by atoms with Gasteiger partial charge in [-0.05, 0) is 51.7 Å². The molecule has 0 saturated carbocycles. The van der Waals surface area contributed by atoms with Gasteiger partial charge in [-0.2, -0.15) is 0 Å². The summed E-state index contributed by atoms with van der Waals surface area (Å²) >= 11 is 0. The van der Waals surface area contributed by atoms with Crippen molar-refractivity contribution in [3.8, 4) is 0 Å². The third kappa shape index (κ3) is 2.71. The van der Waals surface area contributed by atoms with E-state index in [1.165, 1.54) is 32.6 Å². The number of nitrogens with zero attached hydrogens (tertiary/aromatic N) is 1. The molecule has 0 aromatic heterocycles. The van der Waals surface area contributed by atoms with Crippen LogP contribution in [0.25, 0.3) is 0 Å². The maximum Gasteiger partial charge on any atom is 0.00387 e. The predicted octanol–water partition coefficient (Wildman–Crippen LogP) is 1.96. The van der Waals surface area contributed by atoms with Gasteiger partial charge in [-0.25, -0.2) is 0 Å². The third-order valence-electron chi connectivity index (χ3n) is 3.47. The zero-order chi connectivity index (χ0) is 10.6. The van der Waals surface area contributed by atoms with E-state index in [2.05, 4.69) is 24.1 Å². The van der Waals surface area contributed by atoms with Gasteiger partial charge >= 0.3 is 0 Å². The maximum absolute atomic E-state index is 3.50. The Labute approximate surface area is 89.1 Å². The lowest BCUT2D eigenvalue weighted by molar-refractivity contribution is 0.118. The number of nitrogens with one attached hydrogen (secondary N) is 1. The van der Waals surface area contributed by atoms with Gasteiger partial charge in [-0.15, -0.1) is 0 Å². The standard InChI is InChI=1S/C10H20N2.C2H6/c1-8(2)12-4-3-9-5-11-6-10(9)7-12;1-2/h8-11H,3-7H2,1-2H3;1-2H3/t9-,10-;/m0./s1. The van der Waals surface area contributed by atoms with Crippen LogP contribution in [0.4, 0.5) is 0 Å². The largest absolute Gasteiger partial charge is 0.316 e. The van der Waals surface area contributed by atoms with E-state index in [9.17, 15) is 0 Å². The van der Waals surface area contributed by atoms with Crippen LogP contribution in [-0.2, 0) is 0 Å². The minimum Gasteiger partial charge on any atom is -0.316 e. The molecule has 2 aliphatic heterocycles. The lowest BCUT2D eigenvalue weighted by Gasteiger charge is -2.36. The van der Waals surface area contributed by atoms with E-state index in [1.54, 1.807) is 0 Å². The Morgan fingerprint density at radius 3 is 2.43 bits per heavy atom. The van der Waals surface area contributed by atoms with Crippen LogP contribution in [0, 0.1) is 11.8 Å². The van der Waals surface area contributed by atoms with Crippen LogP contribution in [0.15, 0.2) is 0 Å². The molecule has 1 N–H and O–H groups in total. The summed E-state index contributed by atoms with van der Waals surface area (Å²) < 4.78 is 0. The summed E-state index contributed by atoms with van der Waals surface area (Å²) in [5, 5.41) is 3.50. The van der Waals surface area contributed by atoms with Crippen molar-refractivity contribution >= 4 is 0 Å². The quantitative estimate of drug-likeness (QED) is 0.693. The summed E-state index contributed by atoms with van der Waals surface area (Å²) in [6.45, 7) is 13.8. The first kappa shape index (κ1) is 12.0. The van der Waals surface area contributed by atoms with Crippen molar-refractivity contribution in [2.45, 2.75) is 40.2 Å². The van der Waals surface area contributed by atoms with E-state index in [0.29, 0.717) is 0 Å². The van der Waals surface area contributed by atoms with E-state index < -0.39 is 0 Å². The molecule has 0 unspecified atom stereocenters.